The van der Waals surface area contributed by atoms with Gasteiger partial charge >= 0.3 is 6.18 Å². The fraction of sp³-hybridized carbons (Fsp3) is 0.118. The number of hydrogen-bond acceptors (Lipinski definition) is 6. The first-order chi connectivity index (χ1) is 13.4. The van der Waals surface area contributed by atoms with Gasteiger partial charge in [-0.05, 0) is 41.6 Å². The van der Waals surface area contributed by atoms with Crippen molar-refractivity contribution in [3.8, 4) is 22.8 Å². The Hall–Kier alpha value is -3.27. The molecule has 0 aliphatic carbocycles. The third-order valence-electron chi connectivity index (χ3n) is 3.77. The van der Waals surface area contributed by atoms with Crippen LogP contribution in [-0.2, 0) is 12.7 Å². The molecule has 0 spiro atoms. The van der Waals surface area contributed by atoms with E-state index in [2.05, 4.69) is 25.6 Å². The highest BCUT2D eigenvalue weighted by molar-refractivity contribution is 6.30. The minimum absolute atomic E-state index is 0.0637. The Morgan fingerprint density at radius 3 is 2.25 bits per heavy atom. The zero-order chi connectivity index (χ0) is 19.7. The van der Waals surface area contributed by atoms with Crippen molar-refractivity contribution in [2.75, 3.05) is 0 Å². The fourth-order valence-electron chi connectivity index (χ4n) is 2.39. The van der Waals surface area contributed by atoms with Gasteiger partial charge in [-0.25, -0.2) is 0 Å². The van der Waals surface area contributed by atoms with Crippen molar-refractivity contribution in [3.05, 3.63) is 65.0 Å². The monoisotopic (exact) mass is 406 g/mol. The third-order valence-corrected chi connectivity index (χ3v) is 4.02. The number of benzene rings is 2. The van der Waals surface area contributed by atoms with Crippen molar-refractivity contribution < 1.29 is 17.7 Å². The van der Waals surface area contributed by atoms with Gasteiger partial charge in [0.25, 0.3) is 5.89 Å². The van der Waals surface area contributed by atoms with Gasteiger partial charge in [0.15, 0.2) is 0 Å². The average Bonchev–Trinajstić information content (AvgIpc) is 3.32. The molecule has 4 rings (SSSR count). The molecule has 28 heavy (non-hydrogen) atoms. The lowest BCUT2D eigenvalue weighted by Gasteiger charge is -2.05. The van der Waals surface area contributed by atoms with Crippen molar-refractivity contribution in [1.29, 1.82) is 0 Å². The molecule has 0 saturated carbocycles. The molecule has 0 saturated heterocycles. The number of aromatic nitrogens is 6. The zero-order valence-corrected chi connectivity index (χ0v) is 14.7. The second-order valence-corrected chi connectivity index (χ2v) is 6.17. The molecule has 0 aliphatic rings. The molecule has 0 unspecified atom stereocenters. The van der Waals surface area contributed by atoms with Gasteiger partial charge in [-0.2, -0.15) is 23.0 Å². The van der Waals surface area contributed by atoms with Gasteiger partial charge < -0.3 is 4.52 Å². The summed E-state index contributed by atoms with van der Waals surface area (Å²) in [6.07, 6.45) is -4.40. The molecule has 0 radical (unpaired) electrons. The Labute approximate surface area is 160 Å². The minimum atomic E-state index is -4.40. The second kappa shape index (κ2) is 7.04. The van der Waals surface area contributed by atoms with Crippen molar-refractivity contribution in [2.24, 2.45) is 0 Å². The van der Waals surface area contributed by atoms with Crippen molar-refractivity contribution in [2.45, 2.75) is 12.7 Å². The molecule has 0 N–H and O–H groups in total. The SMILES string of the molecule is FC(F)(F)c1ccc(-c2noc(Cn3nnc(-c4ccc(Cl)cc4)n3)n2)cc1. The number of halogens is 4. The number of nitrogens with zero attached hydrogens (tertiary/aromatic N) is 6. The molecule has 142 valence electrons. The molecular formula is C17H10ClF3N6O. The predicted octanol–water partition coefficient (Wildman–Crippen LogP) is 4.11. The Bertz CT molecular complexity index is 1090. The number of hydrogen-bond donors (Lipinski definition) is 0. The van der Waals surface area contributed by atoms with Crippen molar-refractivity contribution in [1.82, 2.24) is 30.3 Å². The van der Waals surface area contributed by atoms with Gasteiger partial charge in [0.05, 0.1) is 5.56 Å². The average molecular weight is 407 g/mol. The molecule has 0 aliphatic heterocycles. The number of rotatable bonds is 4. The molecule has 0 bridgehead atoms. The molecule has 2 heterocycles. The van der Waals surface area contributed by atoms with Gasteiger partial charge in [-0.1, -0.05) is 28.9 Å². The summed E-state index contributed by atoms with van der Waals surface area (Å²) in [4.78, 5) is 5.43. The Morgan fingerprint density at radius 2 is 1.57 bits per heavy atom. The number of alkyl halides is 3. The third kappa shape index (κ3) is 3.86. The lowest BCUT2D eigenvalue weighted by Crippen LogP contribution is -2.04. The fourth-order valence-corrected chi connectivity index (χ4v) is 2.52. The van der Waals surface area contributed by atoms with E-state index in [1.54, 1.807) is 24.3 Å². The first-order valence-electron chi connectivity index (χ1n) is 7.92. The molecule has 0 fully saturated rings. The second-order valence-electron chi connectivity index (χ2n) is 5.74. The summed E-state index contributed by atoms with van der Waals surface area (Å²) in [6.45, 7) is 0.0637. The molecule has 4 aromatic rings. The summed E-state index contributed by atoms with van der Waals surface area (Å²) in [5.74, 6) is 0.760. The Morgan fingerprint density at radius 1 is 0.929 bits per heavy atom. The molecular weight excluding hydrogens is 397 g/mol. The first-order valence-corrected chi connectivity index (χ1v) is 8.30. The summed E-state index contributed by atoms with van der Waals surface area (Å²) < 4.78 is 43.0. The summed E-state index contributed by atoms with van der Waals surface area (Å²) in [7, 11) is 0. The molecule has 0 atom stereocenters. The molecule has 11 heteroatoms. The van der Waals surface area contributed by atoms with Crippen LogP contribution in [0.25, 0.3) is 22.8 Å². The van der Waals surface area contributed by atoms with Gasteiger partial charge in [0, 0.05) is 16.1 Å². The van der Waals surface area contributed by atoms with Crippen LogP contribution >= 0.6 is 11.6 Å². The van der Waals surface area contributed by atoms with Gasteiger partial charge in [0.1, 0.15) is 6.54 Å². The van der Waals surface area contributed by atoms with Gasteiger partial charge in [-0.15, -0.1) is 10.2 Å². The lowest BCUT2D eigenvalue weighted by atomic mass is 10.1. The lowest BCUT2D eigenvalue weighted by molar-refractivity contribution is -0.137. The summed E-state index contributed by atoms with van der Waals surface area (Å²) in [5.41, 5.74) is 0.393. The maximum absolute atomic E-state index is 12.6. The maximum atomic E-state index is 12.6. The predicted molar refractivity (Wildman–Crippen MR) is 92.1 cm³/mol. The van der Waals surface area contributed by atoms with Crippen LogP contribution in [0.15, 0.2) is 53.1 Å². The quantitative estimate of drug-likeness (QED) is 0.507. The topological polar surface area (TPSA) is 82.5 Å². The van der Waals surface area contributed by atoms with E-state index in [4.69, 9.17) is 16.1 Å². The Balaban J connectivity index is 1.49. The van der Waals surface area contributed by atoms with Crippen LogP contribution in [-0.4, -0.2) is 30.3 Å². The zero-order valence-electron chi connectivity index (χ0n) is 13.9. The molecule has 2 aromatic carbocycles. The van der Waals surface area contributed by atoms with Crippen LogP contribution in [0.5, 0.6) is 0 Å². The van der Waals surface area contributed by atoms with Crippen LogP contribution in [0.3, 0.4) is 0 Å². The number of tetrazole rings is 1. The van der Waals surface area contributed by atoms with Gasteiger partial charge in [-0.3, -0.25) is 0 Å². The van der Waals surface area contributed by atoms with Crippen LogP contribution < -0.4 is 0 Å². The van der Waals surface area contributed by atoms with E-state index in [1.165, 1.54) is 16.9 Å². The summed E-state index contributed by atoms with van der Waals surface area (Å²) in [6, 6.07) is 11.4. The maximum Gasteiger partial charge on any atom is 0.416 e. The normalized spacial score (nSPS) is 11.7. The van der Waals surface area contributed by atoms with E-state index in [1.807, 2.05) is 0 Å². The van der Waals surface area contributed by atoms with Crippen LogP contribution in [0, 0.1) is 0 Å². The van der Waals surface area contributed by atoms with Crippen LogP contribution in [0.2, 0.25) is 5.02 Å². The molecule has 0 amide bonds. The van der Waals surface area contributed by atoms with Crippen molar-refractivity contribution >= 4 is 11.6 Å². The Kier molecular flexibility index (Phi) is 4.55. The van der Waals surface area contributed by atoms with E-state index >= 15 is 0 Å². The highest BCUT2D eigenvalue weighted by Crippen LogP contribution is 2.30. The summed E-state index contributed by atoms with van der Waals surface area (Å²) in [5, 5.41) is 16.5. The van der Waals surface area contributed by atoms with E-state index < -0.39 is 11.7 Å². The van der Waals surface area contributed by atoms with Crippen LogP contribution in [0.4, 0.5) is 13.2 Å². The summed E-state index contributed by atoms with van der Waals surface area (Å²) >= 11 is 5.85. The van der Waals surface area contributed by atoms with E-state index in [0.717, 1.165) is 17.7 Å². The van der Waals surface area contributed by atoms with Crippen LogP contribution in [0.1, 0.15) is 11.5 Å². The molecule has 2 aromatic heterocycles. The smallest absolute Gasteiger partial charge is 0.337 e. The largest absolute Gasteiger partial charge is 0.416 e. The highest BCUT2D eigenvalue weighted by atomic mass is 35.5. The van der Waals surface area contributed by atoms with Gasteiger partial charge in [0.2, 0.25) is 11.6 Å². The molecule has 7 nitrogen and oxygen atoms in total. The minimum Gasteiger partial charge on any atom is -0.337 e. The van der Waals surface area contributed by atoms with Crippen molar-refractivity contribution in [3.63, 3.8) is 0 Å². The first kappa shape index (κ1) is 18.1. The van der Waals surface area contributed by atoms with E-state index in [9.17, 15) is 13.2 Å². The standard InChI is InChI=1S/C17H10ClF3N6O/c18-13-7-3-11(4-8-13)16-23-26-27(24-16)9-14-22-15(25-28-14)10-1-5-12(6-2-10)17(19,20)21/h1-8H,9H2. The highest BCUT2D eigenvalue weighted by Gasteiger charge is 2.30. The van der Waals surface area contributed by atoms with E-state index in [-0.39, 0.29) is 18.3 Å². The van der Waals surface area contributed by atoms with E-state index in [0.29, 0.717) is 16.4 Å².